The zero-order valence-electron chi connectivity index (χ0n) is 14.9. The van der Waals surface area contributed by atoms with Crippen LogP contribution in [0.15, 0.2) is 33.9 Å². The van der Waals surface area contributed by atoms with E-state index in [1.807, 2.05) is 18.2 Å². The molecule has 5 nitrogen and oxygen atoms in total. The van der Waals surface area contributed by atoms with Gasteiger partial charge in [-0.2, -0.15) is 0 Å². The number of hydrogen-bond donors (Lipinski definition) is 1. The first-order chi connectivity index (χ1) is 12.7. The Morgan fingerprint density at radius 3 is 2.73 bits per heavy atom. The number of H-pyrrole nitrogens is 1. The highest BCUT2D eigenvalue weighted by molar-refractivity contribution is 5.71. The van der Waals surface area contributed by atoms with Crippen molar-refractivity contribution in [2.45, 2.75) is 63.0 Å². The lowest BCUT2D eigenvalue weighted by molar-refractivity contribution is 0.0948. The van der Waals surface area contributed by atoms with Crippen LogP contribution in [-0.4, -0.2) is 22.3 Å². The summed E-state index contributed by atoms with van der Waals surface area (Å²) in [6.07, 6.45) is 7.12. The van der Waals surface area contributed by atoms with Crippen LogP contribution in [0.2, 0.25) is 0 Å². The van der Waals surface area contributed by atoms with E-state index in [2.05, 4.69) is 11.1 Å². The van der Waals surface area contributed by atoms with Crippen molar-refractivity contribution in [3.8, 4) is 11.3 Å². The average molecular weight is 352 g/mol. The number of nitrogens with one attached hydrogen (secondary N) is 1. The molecule has 0 amide bonds. The summed E-state index contributed by atoms with van der Waals surface area (Å²) in [5.41, 5.74) is 3.32. The lowest BCUT2D eigenvalue weighted by atomic mass is 9.68. The first kappa shape index (κ1) is 16.1. The molecule has 3 aliphatic rings. The Bertz CT molecular complexity index is 960. The van der Waals surface area contributed by atoms with Crippen LogP contribution in [0, 0.1) is 0 Å². The Hall–Kier alpha value is -2.14. The zero-order valence-corrected chi connectivity index (χ0v) is 14.9. The van der Waals surface area contributed by atoms with E-state index in [1.54, 1.807) is 0 Å². The molecule has 1 atom stereocenters. The monoisotopic (exact) mass is 352 g/mol. The van der Waals surface area contributed by atoms with E-state index >= 15 is 0 Å². The van der Waals surface area contributed by atoms with E-state index in [1.165, 1.54) is 10.1 Å². The number of fused-ring (bicyclic) bond motifs is 4. The molecule has 2 aliphatic carbocycles. The predicted octanol–water partition coefficient (Wildman–Crippen LogP) is 2.75. The van der Waals surface area contributed by atoms with Gasteiger partial charge in [0.05, 0.1) is 18.3 Å². The number of nitrogens with zero attached hydrogens (tertiary/aromatic N) is 1. The number of aromatic amines is 1. The van der Waals surface area contributed by atoms with Gasteiger partial charge in [0.15, 0.2) is 0 Å². The fraction of sp³-hybridized carbons (Fsp3) is 0.524. The van der Waals surface area contributed by atoms with Crippen molar-refractivity contribution in [3.63, 3.8) is 0 Å². The quantitative estimate of drug-likeness (QED) is 0.904. The molecule has 1 spiro atoms. The first-order valence-corrected chi connectivity index (χ1v) is 9.75. The second kappa shape index (κ2) is 5.95. The maximum absolute atomic E-state index is 13.5. The predicted molar refractivity (Wildman–Crippen MR) is 99.6 cm³/mol. The average Bonchev–Trinajstić information content (AvgIpc) is 3.31. The van der Waals surface area contributed by atoms with E-state index in [0.717, 1.165) is 68.4 Å². The second-order valence-corrected chi connectivity index (χ2v) is 8.05. The van der Waals surface area contributed by atoms with Gasteiger partial charge in [0, 0.05) is 23.1 Å². The van der Waals surface area contributed by atoms with Crippen LogP contribution in [0.5, 0.6) is 0 Å². The van der Waals surface area contributed by atoms with Gasteiger partial charge in [-0.25, -0.2) is 4.79 Å². The van der Waals surface area contributed by atoms with Gasteiger partial charge in [0.2, 0.25) is 0 Å². The van der Waals surface area contributed by atoms with Gasteiger partial charge < -0.3 is 9.72 Å². The molecular weight excluding hydrogens is 328 g/mol. The highest BCUT2D eigenvalue weighted by Gasteiger charge is 2.44. The summed E-state index contributed by atoms with van der Waals surface area (Å²) in [6.45, 7) is 1.08. The number of ether oxygens (including phenoxy) is 1. The Morgan fingerprint density at radius 2 is 1.96 bits per heavy atom. The number of aromatic nitrogens is 2. The second-order valence-electron chi connectivity index (χ2n) is 8.05. The fourth-order valence-electron chi connectivity index (χ4n) is 5.27. The molecule has 1 N–H and O–H groups in total. The van der Waals surface area contributed by atoms with Gasteiger partial charge in [-0.3, -0.25) is 9.36 Å². The van der Waals surface area contributed by atoms with Crippen molar-refractivity contribution >= 4 is 0 Å². The summed E-state index contributed by atoms with van der Waals surface area (Å²) >= 11 is 0. The van der Waals surface area contributed by atoms with Crippen molar-refractivity contribution in [1.29, 1.82) is 0 Å². The smallest absolute Gasteiger partial charge is 0.328 e. The van der Waals surface area contributed by atoms with E-state index < -0.39 is 0 Å². The Balaban J connectivity index is 1.73. The van der Waals surface area contributed by atoms with Crippen molar-refractivity contribution in [2.75, 3.05) is 6.61 Å². The topological polar surface area (TPSA) is 64.1 Å². The molecule has 1 aromatic carbocycles. The summed E-state index contributed by atoms with van der Waals surface area (Å²) in [5.74, 6) is 0. The molecule has 0 bridgehead atoms. The molecule has 5 rings (SSSR count). The molecule has 2 fully saturated rings. The first-order valence-electron chi connectivity index (χ1n) is 9.75. The van der Waals surface area contributed by atoms with Crippen LogP contribution in [0.1, 0.15) is 49.7 Å². The van der Waals surface area contributed by atoms with Gasteiger partial charge in [-0.05, 0) is 37.7 Å². The molecule has 1 saturated carbocycles. The van der Waals surface area contributed by atoms with E-state index in [-0.39, 0.29) is 22.8 Å². The highest BCUT2D eigenvalue weighted by atomic mass is 16.5. The molecule has 2 aromatic rings. The van der Waals surface area contributed by atoms with Crippen LogP contribution in [0.25, 0.3) is 11.3 Å². The minimum atomic E-state index is -0.311. The number of rotatable bonds is 2. The maximum atomic E-state index is 13.5. The maximum Gasteiger partial charge on any atom is 0.328 e. The normalized spacial score (nSPS) is 23.2. The summed E-state index contributed by atoms with van der Waals surface area (Å²) in [7, 11) is 0. The van der Waals surface area contributed by atoms with Gasteiger partial charge >= 0.3 is 5.69 Å². The third-order valence-corrected chi connectivity index (χ3v) is 6.50. The van der Waals surface area contributed by atoms with Gasteiger partial charge in [-0.15, -0.1) is 0 Å². The Labute approximate surface area is 152 Å². The minimum Gasteiger partial charge on any atom is -0.376 e. The molecule has 0 radical (unpaired) electrons. The van der Waals surface area contributed by atoms with Gasteiger partial charge in [-0.1, -0.05) is 37.1 Å². The highest BCUT2D eigenvalue weighted by Crippen LogP contribution is 2.49. The molecular formula is C21H24N2O3. The number of benzene rings is 1. The third kappa shape index (κ3) is 2.33. The standard InChI is InChI=1S/C21H24N2O3/c24-19-17-18(22-20(25)23(19)13-15-7-5-11-26-15)16-8-2-1-6-14(16)12-21(17)9-3-4-10-21/h1-2,6,8,15H,3-5,7,9-13H2,(H,22,25)/t15-/m1/s1. The zero-order chi connectivity index (χ0) is 17.7. The van der Waals surface area contributed by atoms with Crippen LogP contribution in [0.4, 0.5) is 0 Å². The summed E-state index contributed by atoms with van der Waals surface area (Å²) in [4.78, 5) is 29.3. The Morgan fingerprint density at radius 1 is 1.15 bits per heavy atom. The summed E-state index contributed by atoms with van der Waals surface area (Å²) in [6, 6.07) is 8.18. The van der Waals surface area contributed by atoms with E-state index in [4.69, 9.17) is 4.74 Å². The van der Waals surface area contributed by atoms with Crippen molar-refractivity contribution in [3.05, 3.63) is 56.2 Å². The Kier molecular flexibility index (Phi) is 3.67. The molecule has 5 heteroatoms. The van der Waals surface area contributed by atoms with Crippen LogP contribution in [-0.2, 0) is 23.1 Å². The largest absolute Gasteiger partial charge is 0.376 e. The van der Waals surface area contributed by atoms with E-state index in [0.29, 0.717) is 6.54 Å². The third-order valence-electron chi connectivity index (χ3n) is 6.50. The SMILES string of the molecule is O=c1[nH]c2c(c(=O)n1C[C@H]1CCCO1)C1(CCCC1)Cc1ccccc1-2. The van der Waals surface area contributed by atoms with Gasteiger partial charge in [0.25, 0.3) is 5.56 Å². The molecule has 2 heterocycles. The fourth-order valence-corrected chi connectivity index (χ4v) is 5.27. The number of hydrogen-bond acceptors (Lipinski definition) is 3. The molecule has 1 saturated heterocycles. The molecule has 1 aliphatic heterocycles. The van der Waals surface area contributed by atoms with E-state index in [9.17, 15) is 9.59 Å². The molecule has 136 valence electrons. The van der Waals surface area contributed by atoms with Gasteiger partial charge in [0.1, 0.15) is 0 Å². The molecule has 1 aromatic heterocycles. The van der Waals surface area contributed by atoms with Crippen molar-refractivity contribution in [2.24, 2.45) is 0 Å². The lowest BCUT2D eigenvalue weighted by Gasteiger charge is -2.36. The van der Waals surface area contributed by atoms with Crippen LogP contribution in [0.3, 0.4) is 0 Å². The minimum absolute atomic E-state index is 0.0257. The van der Waals surface area contributed by atoms with Crippen molar-refractivity contribution < 1.29 is 4.74 Å². The lowest BCUT2D eigenvalue weighted by Crippen LogP contribution is -2.46. The van der Waals surface area contributed by atoms with Crippen LogP contribution < -0.4 is 11.2 Å². The van der Waals surface area contributed by atoms with Crippen LogP contribution >= 0.6 is 0 Å². The summed E-state index contributed by atoms with van der Waals surface area (Å²) < 4.78 is 7.06. The molecule has 0 unspecified atom stereocenters. The van der Waals surface area contributed by atoms with Crippen molar-refractivity contribution in [1.82, 2.24) is 9.55 Å². The summed E-state index contributed by atoms with van der Waals surface area (Å²) in [5, 5.41) is 0. The molecule has 26 heavy (non-hydrogen) atoms.